The normalized spacial score (nSPS) is 11.3. The van der Waals surface area contributed by atoms with Crippen molar-refractivity contribution in [2.75, 3.05) is 11.9 Å². The molecule has 10 heteroatoms. The van der Waals surface area contributed by atoms with E-state index in [4.69, 9.17) is 20.8 Å². The number of hydrogen-bond acceptors (Lipinski definition) is 7. The van der Waals surface area contributed by atoms with Crippen LogP contribution in [0.4, 0.5) is 5.69 Å². The van der Waals surface area contributed by atoms with Gasteiger partial charge in [-0.3, -0.25) is 4.79 Å². The zero-order chi connectivity index (χ0) is 20.9. The van der Waals surface area contributed by atoms with Crippen LogP contribution in [0.5, 0.6) is 0 Å². The largest absolute Gasteiger partial charge is 0.467 e. The number of halogens is 1. The second-order valence-electron chi connectivity index (χ2n) is 6.42. The number of anilines is 1. The van der Waals surface area contributed by atoms with Crippen molar-refractivity contribution >= 4 is 39.2 Å². The van der Waals surface area contributed by atoms with Gasteiger partial charge in [-0.15, -0.1) is 0 Å². The first kappa shape index (κ1) is 21.8. The molecule has 0 bridgehead atoms. The highest BCUT2D eigenvalue weighted by Crippen LogP contribution is 2.30. The average molecular weight is 429 g/mol. The molecule has 0 saturated heterocycles. The van der Waals surface area contributed by atoms with E-state index in [1.165, 1.54) is 12.3 Å². The van der Waals surface area contributed by atoms with Gasteiger partial charge in [0.05, 0.1) is 35.7 Å². The minimum atomic E-state index is -4.24. The standard InChI is InChI=1S/C18H21ClN2O6S/c1-11(2)10-27-18(23)14-7-17(28(24,25)21-12(3)22)15(19)8-16(14)20-9-13-5-4-6-26-13/h4-8,11,20H,9-10H2,1-3H3,(H,21,22). The third-order valence-electron chi connectivity index (χ3n) is 3.44. The Balaban J connectivity index is 2.43. The van der Waals surface area contributed by atoms with Crippen LogP contribution in [0, 0.1) is 5.92 Å². The van der Waals surface area contributed by atoms with E-state index in [1.807, 2.05) is 18.6 Å². The van der Waals surface area contributed by atoms with Gasteiger partial charge in [0.2, 0.25) is 5.91 Å². The lowest BCUT2D eigenvalue weighted by Crippen LogP contribution is -2.28. The second-order valence-corrected chi connectivity index (χ2v) is 8.47. The fourth-order valence-corrected chi connectivity index (χ4v) is 3.78. The predicted octanol–water partition coefficient (Wildman–Crippen LogP) is 3.18. The Morgan fingerprint density at radius 3 is 2.57 bits per heavy atom. The van der Waals surface area contributed by atoms with Crippen LogP contribution >= 0.6 is 11.6 Å². The molecule has 2 rings (SSSR count). The summed E-state index contributed by atoms with van der Waals surface area (Å²) in [6.07, 6.45) is 1.50. The lowest BCUT2D eigenvalue weighted by molar-refractivity contribution is -0.117. The fraction of sp³-hybridized carbons (Fsp3) is 0.333. The third-order valence-corrected chi connectivity index (χ3v) is 5.34. The molecule has 0 aliphatic rings. The number of amides is 1. The average Bonchev–Trinajstić information content (AvgIpc) is 3.09. The van der Waals surface area contributed by atoms with Gasteiger partial charge < -0.3 is 14.5 Å². The lowest BCUT2D eigenvalue weighted by Gasteiger charge is -2.15. The quantitative estimate of drug-likeness (QED) is 0.620. The first-order valence-corrected chi connectivity index (χ1v) is 10.3. The van der Waals surface area contributed by atoms with Gasteiger partial charge in [-0.05, 0) is 30.2 Å². The van der Waals surface area contributed by atoms with Crippen molar-refractivity contribution in [3.05, 3.63) is 46.9 Å². The maximum atomic E-state index is 12.5. The minimum Gasteiger partial charge on any atom is -0.467 e. The molecule has 1 amide bonds. The molecule has 2 aromatic rings. The van der Waals surface area contributed by atoms with Crippen LogP contribution < -0.4 is 10.0 Å². The van der Waals surface area contributed by atoms with E-state index >= 15 is 0 Å². The molecule has 0 aliphatic carbocycles. The molecule has 1 aromatic heterocycles. The molecule has 0 saturated carbocycles. The number of esters is 1. The Bertz CT molecular complexity index is 955. The number of furan rings is 1. The smallest absolute Gasteiger partial charge is 0.340 e. The van der Waals surface area contributed by atoms with Crippen molar-refractivity contribution in [3.8, 4) is 0 Å². The highest BCUT2D eigenvalue weighted by Gasteiger charge is 2.25. The number of nitrogens with one attached hydrogen (secondary N) is 2. The summed E-state index contributed by atoms with van der Waals surface area (Å²) in [5.74, 6) is -0.794. The van der Waals surface area contributed by atoms with Crippen LogP contribution in [0.15, 0.2) is 39.8 Å². The van der Waals surface area contributed by atoms with Crippen molar-refractivity contribution < 1.29 is 27.2 Å². The van der Waals surface area contributed by atoms with Crippen LogP contribution in [0.1, 0.15) is 36.9 Å². The van der Waals surface area contributed by atoms with Crippen molar-refractivity contribution in [3.63, 3.8) is 0 Å². The molecule has 0 aliphatic heterocycles. The van der Waals surface area contributed by atoms with Gasteiger partial charge in [-0.2, -0.15) is 0 Å². The Morgan fingerprint density at radius 2 is 2.00 bits per heavy atom. The lowest BCUT2D eigenvalue weighted by atomic mass is 10.1. The maximum Gasteiger partial charge on any atom is 0.340 e. The zero-order valence-electron chi connectivity index (χ0n) is 15.6. The Labute approximate surface area is 168 Å². The van der Waals surface area contributed by atoms with Gasteiger partial charge in [0.1, 0.15) is 10.7 Å². The summed E-state index contributed by atoms with van der Waals surface area (Å²) in [5, 5.41) is 2.83. The van der Waals surface area contributed by atoms with E-state index in [1.54, 1.807) is 12.1 Å². The molecule has 0 unspecified atom stereocenters. The van der Waals surface area contributed by atoms with Crippen molar-refractivity contribution in [1.29, 1.82) is 0 Å². The van der Waals surface area contributed by atoms with Gasteiger partial charge in [0, 0.05) is 6.92 Å². The number of sulfonamides is 1. The van der Waals surface area contributed by atoms with E-state index in [0.29, 0.717) is 5.76 Å². The highest BCUT2D eigenvalue weighted by atomic mass is 35.5. The van der Waals surface area contributed by atoms with E-state index in [2.05, 4.69) is 5.32 Å². The van der Waals surface area contributed by atoms with Gasteiger partial charge in [-0.25, -0.2) is 17.9 Å². The third kappa shape index (κ3) is 5.74. The summed E-state index contributed by atoms with van der Waals surface area (Å²) in [6, 6.07) is 5.83. The predicted molar refractivity (Wildman–Crippen MR) is 104 cm³/mol. The number of ether oxygens (including phenoxy) is 1. The molecular weight excluding hydrogens is 408 g/mol. The summed E-state index contributed by atoms with van der Waals surface area (Å²) in [5.41, 5.74) is 0.248. The molecule has 28 heavy (non-hydrogen) atoms. The minimum absolute atomic E-state index is 0.0273. The molecule has 8 nitrogen and oxygen atoms in total. The molecule has 0 atom stereocenters. The van der Waals surface area contributed by atoms with Gasteiger partial charge in [0.25, 0.3) is 10.0 Å². The summed E-state index contributed by atoms with van der Waals surface area (Å²) in [4.78, 5) is 23.3. The summed E-state index contributed by atoms with van der Waals surface area (Å²) < 4.78 is 37.0. The molecule has 152 valence electrons. The number of hydrogen-bond donors (Lipinski definition) is 2. The molecule has 1 heterocycles. The Morgan fingerprint density at radius 1 is 1.29 bits per heavy atom. The number of carbonyl (C=O) groups is 2. The summed E-state index contributed by atoms with van der Waals surface area (Å²) in [7, 11) is -4.24. The molecule has 2 N–H and O–H groups in total. The maximum absolute atomic E-state index is 12.5. The zero-order valence-corrected chi connectivity index (χ0v) is 17.2. The Kier molecular flexibility index (Phi) is 7.09. The van der Waals surface area contributed by atoms with Crippen molar-refractivity contribution in [1.82, 2.24) is 4.72 Å². The first-order chi connectivity index (χ1) is 13.1. The Hall–Kier alpha value is -2.52. The molecule has 0 fully saturated rings. The van der Waals surface area contributed by atoms with Crippen LogP contribution in [0.2, 0.25) is 5.02 Å². The topological polar surface area (TPSA) is 115 Å². The van der Waals surface area contributed by atoms with E-state index in [0.717, 1.165) is 13.0 Å². The number of rotatable bonds is 8. The second kappa shape index (κ2) is 9.11. The van der Waals surface area contributed by atoms with Gasteiger partial charge in [-0.1, -0.05) is 25.4 Å². The van der Waals surface area contributed by atoms with E-state index in [9.17, 15) is 18.0 Å². The van der Waals surface area contributed by atoms with Crippen molar-refractivity contribution in [2.24, 2.45) is 5.92 Å². The molecular formula is C18H21ClN2O6S. The SMILES string of the molecule is CC(=O)NS(=O)(=O)c1cc(C(=O)OCC(C)C)c(NCc2ccco2)cc1Cl. The van der Waals surface area contributed by atoms with Crippen molar-refractivity contribution in [2.45, 2.75) is 32.2 Å². The molecule has 0 radical (unpaired) electrons. The van der Waals surface area contributed by atoms with Crippen LogP contribution in [-0.4, -0.2) is 26.9 Å². The molecule has 1 aromatic carbocycles. The summed E-state index contributed by atoms with van der Waals surface area (Å²) >= 11 is 6.12. The van der Waals surface area contributed by atoms with Crippen LogP contribution in [0.3, 0.4) is 0 Å². The van der Waals surface area contributed by atoms with Gasteiger partial charge in [0.15, 0.2) is 0 Å². The first-order valence-electron chi connectivity index (χ1n) is 8.40. The van der Waals surface area contributed by atoms with E-state index in [-0.39, 0.29) is 35.3 Å². The van der Waals surface area contributed by atoms with Crippen LogP contribution in [-0.2, 0) is 26.1 Å². The summed E-state index contributed by atoms with van der Waals surface area (Å²) in [6.45, 7) is 5.21. The van der Waals surface area contributed by atoms with E-state index < -0.39 is 26.8 Å². The monoisotopic (exact) mass is 428 g/mol. The van der Waals surface area contributed by atoms with Gasteiger partial charge >= 0.3 is 5.97 Å². The molecule has 0 spiro atoms. The fourth-order valence-electron chi connectivity index (χ4n) is 2.23. The number of carbonyl (C=O) groups excluding carboxylic acids is 2. The van der Waals surface area contributed by atoms with Crippen LogP contribution in [0.25, 0.3) is 0 Å². The highest BCUT2D eigenvalue weighted by molar-refractivity contribution is 7.90. The number of benzene rings is 1.